The van der Waals surface area contributed by atoms with Gasteiger partial charge in [0.1, 0.15) is 5.82 Å². The number of halogens is 1. The van der Waals surface area contributed by atoms with E-state index in [9.17, 15) is 12.8 Å². The molecule has 1 aromatic rings. The third-order valence-electron chi connectivity index (χ3n) is 3.19. The Morgan fingerprint density at radius 3 is 2.83 bits per heavy atom. The molecule has 4 nitrogen and oxygen atoms in total. The summed E-state index contributed by atoms with van der Waals surface area (Å²) in [5, 5.41) is 0. The molecule has 2 rings (SSSR count). The number of benzene rings is 1. The van der Waals surface area contributed by atoms with Gasteiger partial charge >= 0.3 is 0 Å². The Hall–Kier alpha value is -0.980. The molecule has 0 radical (unpaired) electrons. The van der Waals surface area contributed by atoms with Crippen LogP contribution in [0.15, 0.2) is 23.1 Å². The third kappa shape index (κ3) is 2.55. The fourth-order valence-corrected chi connectivity index (χ4v) is 3.95. The predicted octanol–water partition coefficient (Wildman–Crippen LogP) is 1.25. The minimum Gasteiger partial charge on any atom is -0.327 e. The first-order valence-corrected chi connectivity index (χ1v) is 7.37. The molecule has 0 aliphatic carbocycles. The number of rotatable bonds is 2. The van der Waals surface area contributed by atoms with E-state index >= 15 is 0 Å². The van der Waals surface area contributed by atoms with Crippen molar-refractivity contribution in [2.75, 3.05) is 13.1 Å². The fourth-order valence-electron chi connectivity index (χ4n) is 2.18. The number of nitrogens with zero attached hydrogens (tertiary/aromatic N) is 1. The van der Waals surface area contributed by atoms with Crippen LogP contribution < -0.4 is 5.73 Å². The molecule has 2 N–H and O–H groups in total. The molecule has 18 heavy (non-hydrogen) atoms. The quantitative estimate of drug-likeness (QED) is 0.881. The Labute approximate surface area is 107 Å². The van der Waals surface area contributed by atoms with Crippen molar-refractivity contribution in [3.8, 4) is 0 Å². The predicted molar refractivity (Wildman–Crippen MR) is 67.1 cm³/mol. The highest BCUT2D eigenvalue weighted by molar-refractivity contribution is 7.89. The second kappa shape index (κ2) is 4.95. The molecule has 1 fully saturated rings. The Balaban J connectivity index is 2.38. The van der Waals surface area contributed by atoms with Crippen LogP contribution in [0.1, 0.15) is 18.4 Å². The summed E-state index contributed by atoms with van der Waals surface area (Å²) in [6.45, 7) is 2.42. The lowest BCUT2D eigenvalue weighted by Gasteiger charge is -2.30. The lowest BCUT2D eigenvalue weighted by Crippen LogP contribution is -2.45. The molecule has 0 amide bonds. The molecule has 1 atom stereocenters. The van der Waals surface area contributed by atoms with Gasteiger partial charge in [0.2, 0.25) is 10.0 Å². The van der Waals surface area contributed by atoms with Crippen LogP contribution in [0, 0.1) is 12.7 Å². The van der Waals surface area contributed by atoms with E-state index in [1.807, 2.05) is 0 Å². The maximum atomic E-state index is 13.2. The van der Waals surface area contributed by atoms with E-state index < -0.39 is 15.8 Å². The second-order valence-electron chi connectivity index (χ2n) is 4.68. The van der Waals surface area contributed by atoms with E-state index in [0.29, 0.717) is 18.7 Å². The summed E-state index contributed by atoms with van der Waals surface area (Å²) < 4.78 is 39.4. The molecule has 1 aliphatic rings. The van der Waals surface area contributed by atoms with Crippen LogP contribution in [0.25, 0.3) is 0 Å². The van der Waals surface area contributed by atoms with Crippen LogP contribution in [0.3, 0.4) is 0 Å². The number of sulfonamides is 1. The zero-order valence-corrected chi connectivity index (χ0v) is 11.1. The van der Waals surface area contributed by atoms with E-state index in [1.54, 1.807) is 6.92 Å². The molecular formula is C12H17FN2O2S. The first-order valence-electron chi connectivity index (χ1n) is 5.93. The van der Waals surface area contributed by atoms with Crippen molar-refractivity contribution < 1.29 is 12.8 Å². The summed E-state index contributed by atoms with van der Waals surface area (Å²) in [7, 11) is -3.63. The van der Waals surface area contributed by atoms with E-state index in [-0.39, 0.29) is 10.9 Å². The molecule has 6 heteroatoms. The lowest BCUT2D eigenvalue weighted by atomic mass is 10.1. The lowest BCUT2D eigenvalue weighted by molar-refractivity contribution is 0.316. The molecule has 1 aliphatic heterocycles. The van der Waals surface area contributed by atoms with E-state index in [2.05, 4.69) is 0 Å². The standard InChI is InChI=1S/C12H17FN2O2S/c1-9-4-5-10(13)7-12(9)18(16,17)15-6-2-3-11(14)8-15/h4-5,7,11H,2-3,6,8,14H2,1H3/t11-/m1/s1. The summed E-state index contributed by atoms with van der Waals surface area (Å²) in [5.74, 6) is -0.541. The van der Waals surface area contributed by atoms with Crippen molar-refractivity contribution >= 4 is 10.0 Å². The van der Waals surface area contributed by atoms with Gasteiger partial charge in [-0.2, -0.15) is 4.31 Å². The highest BCUT2D eigenvalue weighted by Gasteiger charge is 2.30. The summed E-state index contributed by atoms with van der Waals surface area (Å²) >= 11 is 0. The maximum Gasteiger partial charge on any atom is 0.243 e. The number of hydrogen-bond donors (Lipinski definition) is 1. The number of aryl methyl sites for hydroxylation is 1. The van der Waals surface area contributed by atoms with E-state index in [4.69, 9.17) is 5.73 Å². The van der Waals surface area contributed by atoms with Crippen molar-refractivity contribution in [2.45, 2.75) is 30.7 Å². The van der Waals surface area contributed by atoms with Crippen LogP contribution in [-0.4, -0.2) is 31.9 Å². The van der Waals surface area contributed by atoms with Gasteiger partial charge in [0.05, 0.1) is 4.90 Å². The van der Waals surface area contributed by atoms with Gasteiger partial charge in [-0.1, -0.05) is 6.07 Å². The second-order valence-corrected chi connectivity index (χ2v) is 6.58. The Kier molecular flexibility index (Phi) is 3.70. The molecule has 0 bridgehead atoms. The first kappa shape index (κ1) is 13.5. The van der Waals surface area contributed by atoms with Crippen molar-refractivity contribution in [1.82, 2.24) is 4.31 Å². The third-order valence-corrected chi connectivity index (χ3v) is 5.20. The van der Waals surface area contributed by atoms with Gasteiger partial charge in [-0.15, -0.1) is 0 Å². The molecule has 1 saturated heterocycles. The molecule has 1 aromatic carbocycles. The summed E-state index contributed by atoms with van der Waals surface area (Å²) in [6, 6.07) is 3.68. The number of hydrogen-bond acceptors (Lipinski definition) is 3. The normalized spacial score (nSPS) is 22.1. The molecule has 0 spiro atoms. The van der Waals surface area contributed by atoms with E-state index in [1.165, 1.54) is 16.4 Å². The zero-order chi connectivity index (χ0) is 13.3. The number of nitrogens with two attached hydrogens (primary N) is 1. The molecule has 0 aromatic heterocycles. The Bertz CT molecular complexity index is 545. The molecule has 0 saturated carbocycles. The largest absolute Gasteiger partial charge is 0.327 e. The van der Waals surface area contributed by atoms with Crippen molar-refractivity contribution in [1.29, 1.82) is 0 Å². The monoisotopic (exact) mass is 272 g/mol. The summed E-state index contributed by atoms with van der Waals surface area (Å²) in [4.78, 5) is 0.0385. The van der Waals surface area contributed by atoms with Crippen molar-refractivity contribution in [3.63, 3.8) is 0 Å². The average Bonchev–Trinajstić information content (AvgIpc) is 2.32. The van der Waals surface area contributed by atoms with E-state index in [0.717, 1.165) is 18.9 Å². The van der Waals surface area contributed by atoms with Crippen LogP contribution in [-0.2, 0) is 10.0 Å². The zero-order valence-electron chi connectivity index (χ0n) is 10.3. The van der Waals surface area contributed by atoms with Gasteiger partial charge in [0.15, 0.2) is 0 Å². The number of piperidine rings is 1. The molecular weight excluding hydrogens is 255 g/mol. The van der Waals surface area contributed by atoms with Gasteiger partial charge in [-0.25, -0.2) is 12.8 Å². The minimum atomic E-state index is -3.63. The molecule has 1 heterocycles. The van der Waals surface area contributed by atoms with Crippen LogP contribution in [0.4, 0.5) is 4.39 Å². The highest BCUT2D eigenvalue weighted by Crippen LogP contribution is 2.23. The van der Waals surface area contributed by atoms with Gasteiger partial charge in [-0.05, 0) is 37.5 Å². The van der Waals surface area contributed by atoms with Crippen molar-refractivity contribution in [3.05, 3.63) is 29.6 Å². The maximum absolute atomic E-state index is 13.2. The van der Waals surface area contributed by atoms with Gasteiger partial charge in [0, 0.05) is 19.1 Å². The molecule has 0 unspecified atom stereocenters. The first-order chi connectivity index (χ1) is 8.41. The SMILES string of the molecule is Cc1ccc(F)cc1S(=O)(=O)N1CCC[C@@H](N)C1. The minimum absolute atomic E-state index is 0.0385. The topological polar surface area (TPSA) is 63.4 Å². The molecule has 100 valence electrons. The van der Waals surface area contributed by atoms with Gasteiger partial charge in [-0.3, -0.25) is 0 Å². The highest BCUT2D eigenvalue weighted by atomic mass is 32.2. The van der Waals surface area contributed by atoms with Crippen molar-refractivity contribution in [2.24, 2.45) is 5.73 Å². The Morgan fingerprint density at radius 1 is 1.44 bits per heavy atom. The Morgan fingerprint density at radius 2 is 2.17 bits per heavy atom. The summed E-state index contributed by atoms with van der Waals surface area (Å²) in [6.07, 6.45) is 1.57. The average molecular weight is 272 g/mol. The van der Waals surface area contributed by atoms with Gasteiger partial charge < -0.3 is 5.73 Å². The van der Waals surface area contributed by atoms with Crippen LogP contribution >= 0.6 is 0 Å². The van der Waals surface area contributed by atoms with Gasteiger partial charge in [0.25, 0.3) is 0 Å². The summed E-state index contributed by atoms with van der Waals surface area (Å²) in [5.41, 5.74) is 6.34. The smallest absolute Gasteiger partial charge is 0.243 e. The van der Waals surface area contributed by atoms with Crippen LogP contribution in [0.5, 0.6) is 0 Å². The fraction of sp³-hybridized carbons (Fsp3) is 0.500. The van der Waals surface area contributed by atoms with Crippen LogP contribution in [0.2, 0.25) is 0 Å².